The Bertz CT molecular complexity index is 402. The summed E-state index contributed by atoms with van der Waals surface area (Å²) in [6.45, 7) is 2.38. The molecule has 3 rings (SSSR count). The lowest BCUT2D eigenvalue weighted by molar-refractivity contribution is 0.127. The predicted octanol–water partition coefficient (Wildman–Crippen LogP) is 1.72. The van der Waals surface area contributed by atoms with Gasteiger partial charge in [-0.05, 0) is 51.0 Å². The van der Waals surface area contributed by atoms with Crippen molar-refractivity contribution in [2.75, 3.05) is 19.6 Å². The minimum atomic E-state index is -3.08. The highest BCUT2D eigenvalue weighted by Crippen LogP contribution is 2.37. The van der Waals surface area contributed by atoms with E-state index in [-0.39, 0.29) is 5.25 Å². The monoisotopic (exact) mass is 286 g/mol. The van der Waals surface area contributed by atoms with Gasteiger partial charge in [0.05, 0.1) is 5.25 Å². The molecule has 110 valence electrons. The fraction of sp³-hybridized carbons (Fsp3) is 1.00. The molecule has 0 aromatic carbocycles. The summed E-state index contributed by atoms with van der Waals surface area (Å²) in [6, 6.07) is 0.314. The molecule has 19 heavy (non-hydrogen) atoms. The fourth-order valence-corrected chi connectivity index (χ4v) is 6.38. The van der Waals surface area contributed by atoms with Crippen LogP contribution in [0.15, 0.2) is 0 Å². The normalized spacial score (nSPS) is 37.8. The molecule has 5 heteroatoms. The molecule has 1 unspecified atom stereocenters. The molecule has 1 N–H and O–H groups in total. The number of fused-ring (bicyclic) bond motifs is 1. The molecule has 2 aliphatic heterocycles. The van der Waals surface area contributed by atoms with Gasteiger partial charge in [0, 0.05) is 19.1 Å². The number of nitrogens with zero attached hydrogens (tertiary/aromatic N) is 1. The van der Waals surface area contributed by atoms with E-state index in [2.05, 4.69) is 5.32 Å². The van der Waals surface area contributed by atoms with Crippen molar-refractivity contribution in [3.05, 3.63) is 0 Å². The van der Waals surface area contributed by atoms with E-state index in [9.17, 15) is 8.42 Å². The van der Waals surface area contributed by atoms with Crippen LogP contribution in [0.5, 0.6) is 0 Å². The van der Waals surface area contributed by atoms with Gasteiger partial charge in [-0.2, -0.15) is 4.31 Å². The average Bonchev–Trinajstić information content (AvgIpc) is 2.47. The summed E-state index contributed by atoms with van der Waals surface area (Å²) in [6.07, 6.45) is 8.94. The van der Waals surface area contributed by atoms with Crippen molar-refractivity contribution in [1.82, 2.24) is 9.62 Å². The van der Waals surface area contributed by atoms with Crippen molar-refractivity contribution in [2.24, 2.45) is 5.92 Å². The predicted molar refractivity (Wildman–Crippen MR) is 76.5 cm³/mol. The second kappa shape index (κ2) is 5.70. The zero-order chi connectivity index (χ0) is 13.3. The molecule has 4 nitrogen and oxygen atoms in total. The van der Waals surface area contributed by atoms with Crippen LogP contribution in [0.4, 0.5) is 0 Å². The Morgan fingerprint density at radius 2 is 1.74 bits per heavy atom. The number of hydrogen-bond donors (Lipinski definition) is 1. The molecule has 0 aromatic heterocycles. The van der Waals surface area contributed by atoms with Crippen molar-refractivity contribution in [3.63, 3.8) is 0 Å². The third-order valence-electron chi connectivity index (χ3n) is 5.19. The van der Waals surface area contributed by atoms with Crippen molar-refractivity contribution in [3.8, 4) is 0 Å². The lowest BCUT2D eigenvalue weighted by Gasteiger charge is -2.44. The lowest BCUT2D eigenvalue weighted by Crippen LogP contribution is -2.54. The van der Waals surface area contributed by atoms with E-state index in [1.807, 2.05) is 4.31 Å². The first-order valence-electron chi connectivity index (χ1n) is 7.91. The van der Waals surface area contributed by atoms with Crippen LogP contribution in [0, 0.1) is 5.92 Å². The molecule has 0 spiro atoms. The van der Waals surface area contributed by atoms with Crippen LogP contribution in [0.3, 0.4) is 0 Å². The number of piperidine rings is 2. The van der Waals surface area contributed by atoms with Gasteiger partial charge in [-0.1, -0.05) is 12.8 Å². The molecule has 0 radical (unpaired) electrons. The van der Waals surface area contributed by atoms with Crippen LogP contribution in [-0.2, 0) is 10.0 Å². The van der Waals surface area contributed by atoms with Crippen LogP contribution in [-0.4, -0.2) is 43.6 Å². The largest absolute Gasteiger partial charge is 0.315 e. The third-order valence-corrected chi connectivity index (χ3v) is 7.54. The first kappa shape index (κ1) is 13.8. The maximum atomic E-state index is 12.9. The highest BCUT2D eigenvalue weighted by atomic mass is 32.2. The molecule has 0 bridgehead atoms. The van der Waals surface area contributed by atoms with Crippen molar-refractivity contribution in [1.29, 1.82) is 0 Å². The Kier molecular flexibility index (Phi) is 4.15. The van der Waals surface area contributed by atoms with E-state index in [1.54, 1.807) is 0 Å². The van der Waals surface area contributed by atoms with Gasteiger partial charge in [-0.3, -0.25) is 0 Å². The molecule has 2 heterocycles. The summed E-state index contributed by atoms with van der Waals surface area (Å²) >= 11 is 0. The topological polar surface area (TPSA) is 49.4 Å². The van der Waals surface area contributed by atoms with Gasteiger partial charge >= 0.3 is 0 Å². The van der Waals surface area contributed by atoms with E-state index < -0.39 is 10.0 Å². The van der Waals surface area contributed by atoms with Crippen LogP contribution < -0.4 is 5.32 Å². The van der Waals surface area contributed by atoms with Gasteiger partial charge in [-0.25, -0.2) is 8.42 Å². The Labute approximate surface area is 117 Å². The van der Waals surface area contributed by atoms with Gasteiger partial charge < -0.3 is 5.32 Å². The van der Waals surface area contributed by atoms with Gasteiger partial charge in [-0.15, -0.1) is 0 Å². The number of nitrogens with one attached hydrogen (secondary N) is 1. The van der Waals surface area contributed by atoms with E-state index >= 15 is 0 Å². The number of sulfonamides is 1. The van der Waals surface area contributed by atoms with E-state index in [4.69, 9.17) is 0 Å². The average molecular weight is 286 g/mol. The quantitative estimate of drug-likeness (QED) is 0.841. The van der Waals surface area contributed by atoms with Crippen LogP contribution >= 0.6 is 0 Å². The second-order valence-electron chi connectivity index (χ2n) is 6.38. The van der Waals surface area contributed by atoms with Crippen LogP contribution in [0.25, 0.3) is 0 Å². The Morgan fingerprint density at radius 1 is 0.947 bits per heavy atom. The Balaban J connectivity index is 1.78. The summed E-state index contributed by atoms with van der Waals surface area (Å²) in [4.78, 5) is 0. The third kappa shape index (κ3) is 2.69. The summed E-state index contributed by atoms with van der Waals surface area (Å²) in [7, 11) is -3.08. The van der Waals surface area contributed by atoms with E-state index in [1.165, 1.54) is 25.7 Å². The highest BCUT2D eigenvalue weighted by molar-refractivity contribution is 7.89. The highest BCUT2D eigenvalue weighted by Gasteiger charge is 2.42. The van der Waals surface area contributed by atoms with Gasteiger partial charge in [0.2, 0.25) is 10.0 Å². The minimum Gasteiger partial charge on any atom is -0.315 e. The summed E-state index contributed by atoms with van der Waals surface area (Å²) in [5.41, 5.74) is 0. The zero-order valence-electron chi connectivity index (χ0n) is 11.7. The molecule has 1 saturated carbocycles. The second-order valence-corrected chi connectivity index (χ2v) is 8.54. The van der Waals surface area contributed by atoms with Crippen LogP contribution in [0.2, 0.25) is 0 Å². The minimum absolute atomic E-state index is 0.179. The molecule has 1 aliphatic carbocycles. The molecule has 0 aromatic rings. The maximum absolute atomic E-state index is 12.9. The molecular weight excluding hydrogens is 260 g/mol. The Morgan fingerprint density at radius 3 is 2.53 bits per heavy atom. The van der Waals surface area contributed by atoms with Crippen LogP contribution in [0.1, 0.15) is 51.4 Å². The van der Waals surface area contributed by atoms with Gasteiger partial charge in [0.25, 0.3) is 0 Å². The molecule has 3 fully saturated rings. The number of rotatable bonds is 2. The lowest BCUT2D eigenvalue weighted by atomic mass is 9.79. The fourth-order valence-electron chi connectivity index (χ4n) is 4.16. The first-order chi connectivity index (χ1) is 9.19. The summed E-state index contributed by atoms with van der Waals surface area (Å²) in [5, 5.41) is 3.07. The summed E-state index contributed by atoms with van der Waals surface area (Å²) in [5.74, 6) is 0.633. The zero-order valence-corrected chi connectivity index (χ0v) is 12.5. The maximum Gasteiger partial charge on any atom is 0.218 e. The SMILES string of the molecule is O=S(=O)(C1CCCNC1)N1CCC[C@H]2CCCC[C@H]21. The van der Waals surface area contributed by atoms with E-state index in [0.717, 1.165) is 38.8 Å². The molecule has 3 atom stereocenters. The smallest absolute Gasteiger partial charge is 0.218 e. The van der Waals surface area contributed by atoms with E-state index in [0.29, 0.717) is 18.5 Å². The Hall–Kier alpha value is -0.130. The standard InChI is InChI=1S/C14H26N2O2S/c17-19(18,13-7-3-9-15-11-13)16-10-4-6-12-5-1-2-8-14(12)16/h12-15H,1-11H2/t12-,13?,14-/m1/s1. The van der Waals surface area contributed by atoms with Gasteiger partial charge in [0.1, 0.15) is 0 Å². The van der Waals surface area contributed by atoms with Crippen molar-refractivity contribution >= 4 is 10.0 Å². The first-order valence-corrected chi connectivity index (χ1v) is 9.41. The molecular formula is C14H26N2O2S. The summed E-state index contributed by atoms with van der Waals surface area (Å²) < 4.78 is 27.7. The molecule has 2 saturated heterocycles. The van der Waals surface area contributed by atoms with Gasteiger partial charge in [0.15, 0.2) is 0 Å². The molecule has 0 amide bonds. The molecule has 3 aliphatic rings. The number of hydrogen-bond acceptors (Lipinski definition) is 3. The van der Waals surface area contributed by atoms with Crippen molar-refractivity contribution in [2.45, 2.75) is 62.7 Å². The van der Waals surface area contributed by atoms with Crippen molar-refractivity contribution < 1.29 is 8.42 Å².